The van der Waals surface area contributed by atoms with Gasteiger partial charge in [-0.1, -0.05) is 39.0 Å². The maximum Gasteiger partial charge on any atom is 0.441 e. The molecule has 1 N–H and O–H groups in total. The zero-order chi connectivity index (χ0) is 12.6. The Morgan fingerprint density at radius 2 is 1.81 bits per heavy atom. The minimum atomic E-state index is -4.08. The highest BCUT2D eigenvalue weighted by molar-refractivity contribution is 8.00. The van der Waals surface area contributed by atoms with Crippen LogP contribution in [0.15, 0.2) is 0 Å². The molecule has 0 radical (unpaired) electrons. The Bertz CT molecular complexity index is 171. The minimum absolute atomic E-state index is 0.0942. The number of hydrogen-bond acceptors (Lipinski definition) is 2. The molecule has 0 aromatic heterocycles. The van der Waals surface area contributed by atoms with Gasteiger partial charge in [-0.15, -0.1) is 0 Å². The molecule has 0 aliphatic heterocycles. The molecule has 0 aliphatic carbocycles. The van der Waals surface area contributed by atoms with Crippen LogP contribution in [0.5, 0.6) is 0 Å². The van der Waals surface area contributed by atoms with Crippen molar-refractivity contribution < 1.29 is 13.2 Å². The summed E-state index contributed by atoms with van der Waals surface area (Å²) in [5.74, 6) is 0.538. The van der Waals surface area contributed by atoms with Crippen LogP contribution in [0.3, 0.4) is 0 Å². The van der Waals surface area contributed by atoms with Crippen molar-refractivity contribution in [2.24, 2.45) is 5.92 Å². The molecule has 0 heterocycles. The van der Waals surface area contributed by atoms with Crippen molar-refractivity contribution in [3.05, 3.63) is 0 Å². The lowest BCUT2D eigenvalue weighted by Gasteiger charge is -2.18. The fourth-order valence-corrected chi connectivity index (χ4v) is 2.18. The lowest BCUT2D eigenvalue weighted by molar-refractivity contribution is -0.0328. The van der Waals surface area contributed by atoms with Gasteiger partial charge in [0.25, 0.3) is 0 Å². The lowest BCUT2D eigenvalue weighted by atomic mass is 10.0. The van der Waals surface area contributed by atoms with Crippen molar-refractivity contribution in [2.45, 2.75) is 51.6 Å². The van der Waals surface area contributed by atoms with Gasteiger partial charge in [0.05, 0.1) is 0 Å². The molecule has 0 saturated heterocycles. The van der Waals surface area contributed by atoms with Gasteiger partial charge in [-0.2, -0.15) is 13.2 Å². The van der Waals surface area contributed by atoms with E-state index in [1.165, 1.54) is 0 Å². The summed E-state index contributed by atoms with van der Waals surface area (Å²) in [5.41, 5.74) is -4.08. The summed E-state index contributed by atoms with van der Waals surface area (Å²) < 4.78 is 35.9. The van der Waals surface area contributed by atoms with Crippen LogP contribution >= 0.6 is 11.8 Å². The largest absolute Gasteiger partial charge is 0.441 e. The molecule has 0 spiro atoms. The quantitative estimate of drug-likeness (QED) is 0.704. The lowest BCUT2D eigenvalue weighted by Crippen LogP contribution is -2.29. The number of nitrogens with one attached hydrogen (secondary N) is 1. The van der Waals surface area contributed by atoms with Gasteiger partial charge in [0.1, 0.15) is 0 Å². The standard InChI is InChI=1S/C11H22F3NS/c1-4-5-10(8-15-9(2)3)6-7-16-11(12,13)14/h9-10,15H,4-8H2,1-3H3. The van der Waals surface area contributed by atoms with Crippen LogP contribution in [0, 0.1) is 5.92 Å². The van der Waals surface area contributed by atoms with Gasteiger partial charge in [0, 0.05) is 11.8 Å². The second-order valence-electron chi connectivity index (χ2n) is 4.30. The Balaban J connectivity index is 3.76. The number of rotatable bonds is 8. The summed E-state index contributed by atoms with van der Waals surface area (Å²) in [6.45, 7) is 6.99. The van der Waals surface area contributed by atoms with Gasteiger partial charge in [0.15, 0.2) is 0 Å². The molecule has 0 amide bonds. The van der Waals surface area contributed by atoms with Crippen molar-refractivity contribution >= 4 is 11.8 Å². The molecule has 5 heteroatoms. The van der Waals surface area contributed by atoms with E-state index < -0.39 is 5.51 Å². The normalized spacial score (nSPS) is 14.4. The fraction of sp³-hybridized carbons (Fsp3) is 1.00. The van der Waals surface area contributed by atoms with Crippen molar-refractivity contribution in [2.75, 3.05) is 12.3 Å². The predicted octanol–water partition coefficient (Wildman–Crippen LogP) is 4.04. The first-order chi connectivity index (χ1) is 7.35. The van der Waals surface area contributed by atoms with Crippen molar-refractivity contribution in [3.8, 4) is 0 Å². The highest BCUT2D eigenvalue weighted by Crippen LogP contribution is 2.31. The van der Waals surface area contributed by atoms with Gasteiger partial charge >= 0.3 is 5.51 Å². The third kappa shape index (κ3) is 10.6. The van der Waals surface area contributed by atoms with E-state index in [1.54, 1.807) is 0 Å². The molecule has 0 aromatic rings. The van der Waals surface area contributed by atoms with Crippen LogP contribution in [0.25, 0.3) is 0 Å². The summed E-state index contributed by atoms with van der Waals surface area (Å²) >= 11 is 0.0942. The zero-order valence-corrected chi connectivity index (χ0v) is 11.0. The average Bonchev–Trinajstić information content (AvgIpc) is 2.12. The fourth-order valence-electron chi connectivity index (χ4n) is 1.50. The highest BCUT2D eigenvalue weighted by Gasteiger charge is 2.27. The van der Waals surface area contributed by atoms with E-state index >= 15 is 0 Å². The third-order valence-electron chi connectivity index (χ3n) is 2.30. The molecule has 0 fully saturated rings. The summed E-state index contributed by atoms with van der Waals surface area (Å²) in [5, 5.41) is 3.29. The third-order valence-corrected chi connectivity index (χ3v) is 3.07. The molecule has 0 aliphatic rings. The summed E-state index contributed by atoms with van der Waals surface area (Å²) in [6, 6.07) is 0.398. The van der Waals surface area contributed by atoms with Gasteiger partial charge in [-0.05, 0) is 25.3 Å². The van der Waals surface area contributed by atoms with E-state index in [2.05, 4.69) is 12.2 Å². The first kappa shape index (κ1) is 16.1. The highest BCUT2D eigenvalue weighted by atomic mass is 32.2. The monoisotopic (exact) mass is 257 g/mol. The summed E-state index contributed by atoms with van der Waals surface area (Å²) in [7, 11) is 0. The zero-order valence-electron chi connectivity index (χ0n) is 10.2. The smallest absolute Gasteiger partial charge is 0.314 e. The van der Waals surface area contributed by atoms with Crippen LogP contribution < -0.4 is 5.32 Å². The Morgan fingerprint density at radius 3 is 2.25 bits per heavy atom. The number of thioether (sulfide) groups is 1. The SMILES string of the molecule is CCCC(CCSC(F)(F)F)CNC(C)C. The Hall–Kier alpha value is 0.1000. The molecule has 0 rings (SSSR count). The van der Waals surface area contributed by atoms with Gasteiger partial charge in [-0.3, -0.25) is 0 Å². The molecule has 16 heavy (non-hydrogen) atoms. The summed E-state index contributed by atoms with van der Waals surface area (Å²) in [6.07, 6.45) is 2.66. The van der Waals surface area contributed by atoms with E-state index in [1.807, 2.05) is 13.8 Å². The number of alkyl halides is 3. The molecule has 0 aromatic carbocycles. The summed E-state index contributed by atoms with van der Waals surface area (Å²) in [4.78, 5) is 0. The van der Waals surface area contributed by atoms with Gasteiger partial charge < -0.3 is 5.32 Å². The van der Waals surface area contributed by atoms with Gasteiger partial charge in [0.2, 0.25) is 0 Å². The maximum absolute atomic E-state index is 12.0. The van der Waals surface area contributed by atoms with Gasteiger partial charge in [-0.25, -0.2) is 0 Å². The average molecular weight is 257 g/mol. The van der Waals surface area contributed by atoms with Crippen LogP contribution in [0.4, 0.5) is 13.2 Å². The minimum Gasteiger partial charge on any atom is -0.314 e. The van der Waals surface area contributed by atoms with E-state index in [0.29, 0.717) is 18.4 Å². The van der Waals surface area contributed by atoms with Crippen LogP contribution in [-0.2, 0) is 0 Å². The first-order valence-corrected chi connectivity index (χ1v) is 6.77. The number of hydrogen-bond donors (Lipinski definition) is 1. The van der Waals surface area contributed by atoms with Crippen LogP contribution in [0.2, 0.25) is 0 Å². The Labute approximate surface area is 101 Å². The Kier molecular flexibility index (Phi) is 8.28. The Morgan fingerprint density at radius 1 is 1.19 bits per heavy atom. The second-order valence-corrected chi connectivity index (χ2v) is 5.46. The van der Waals surface area contributed by atoms with Crippen molar-refractivity contribution in [1.29, 1.82) is 0 Å². The second kappa shape index (κ2) is 8.23. The predicted molar refractivity (Wildman–Crippen MR) is 64.7 cm³/mol. The van der Waals surface area contributed by atoms with Crippen molar-refractivity contribution in [3.63, 3.8) is 0 Å². The molecule has 1 atom stereocenters. The molecule has 1 unspecified atom stereocenters. The molecule has 0 bridgehead atoms. The first-order valence-electron chi connectivity index (χ1n) is 5.79. The molecular weight excluding hydrogens is 235 g/mol. The molecule has 98 valence electrons. The number of halogens is 3. The van der Waals surface area contributed by atoms with E-state index in [-0.39, 0.29) is 17.5 Å². The van der Waals surface area contributed by atoms with E-state index in [4.69, 9.17) is 0 Å². The molecular formula is C11H22F3NS. The van der Waals surface area contributed by atoms with Crippen LogP contribution in [0.1, 0.15) is 40.0 Å². The maximum atomic E-state index is 12.0. The topological polar surface area (TPSA) is 12.0 Å². The molecule has 1 nitrogen and oxygen atoms in total. The van der Waals surface area contributed by atoms with E-state index in [9.17, 15) is 13.2 Å². The van der Waals surface area contributed by atoms with E-state index in [0.717, 1.165) is 19.4 Å². The van der Waals surface area contributed by atoms with Crippen molar-refractivity contribution in [1.82, 2.24) is 5.32 Å². The van der Waals surface area contributed by atoms with Crippen LogP contribution in [-0.4, -0.2) is 23.8 Å². The molecule has 0 saturated carbocycles.